The minimum Gasteiger partial charge on any atom is -0.507 e. The predicted octanol–water partition coefficient (Wildman–Crippen LogP) is 3.93. The van der Waals surface area contributed by atoms with Crippen molar-refractivity contribution >= 4 is 27.8 Å². The molecule has 3 rings (SSSR count). The van der Waals surface area contributed by atoms with Crippen molar-refractivity contribution in [3.05, 3.63) is 57.6 Å². The lowest BCUT2D eigenvalue weighted by atomic mass is 10.1. The van der Waals surface area contributed by atoms with Crippen LogP contribution in [0.15, 0.2) is 40.9 Å². The topological polar surface area (TPSA) is 65.0 Å². The van der Waals surface area contributed by atoms with Crippen LogP contribution in [0.3, 0.4) is 0 Å². The molecule has 1 N–H and O–H groups in total. The number of ether oxygens (including phenoxy) is 3. The van der Waals surface area contributed by atoms with Crippen LogP contribution in [0.25, 0.3) is 6.08 Å². The molecule has 0 saturated heterocycles. The molecule has 124 valence electrons. The smallest absolute Gasteiger partial charge is 0.189 e. The Morgan fingerprint density at radius 3 is 2.92 bits per heavy atom. The van der Waals surface area contributed by atoms with Crippen LogP contribution >= 0.6 is 15.9 Å². The standard InChI is InChI=1S/C18H15BrO5/c1-22-14-3-4-15(17(21)8-14)16(20)5-2-11-6-13(19)7-12-9-23-10-24-18(11)12/h2-8,21H,9-10H2,1H3. The summed E-state index contributed by atoms with van der Waals surface area (Å²) < 4.78 is 16.7. The summed E-state index contributed by atoms with van der Waals surface area (Å²) in [5, 5.41) is 9.94. The molecule has 2 aromatic carbocycles. The number of allylic oxidation sites excluding steroid dienone is 1. The first-order valence-corrected chi connectivity index (χ1v) is 8.00. The van der Waals surface area contributed by atoms with Gasteiger partial charge in [-0.05, 0) is 36.4 Å². The van der Waals surface area contributed by atoms with E-state index in [-0.39, 0.29) is 23.9 Å². The number of phenolic OH excluding ortho intramolecular Hbond substituents is 1. The van der Waals surface area contributed by atoms with Gasteiger partial charge in [0, 0.05) is 21.7 Å². The third kappa shape index (κ3) is 3.44. The lowest BCUT2D eigenvalue weighted by molar-refractivity contribution is -0.0165. The lowest BCUT2D eigenvalue weighted by Gasteiger charge is -2.20. The number of halogens is 1. The Morgan fingerprint density at radius 1 is 1.33 bits per heavy atom. The molecule has 0 saturated carbocycles. The zero-order valence-electron chi connectivity index (χ0n) is 12.9. The highest BCUT2D eigenvalue weighted by atomic mass is 79.9. The third-order valence-corrected chi connectivity index (χ3v) is 4.05. The van der Waals surface area contributed by atoms with Gasteiger partial charge in [-0.1, -0.05) is 15.9 Å². The Bertz CT molecular complexity index is 813. The highest BCUT2D eigenvalue weighted by Gasteiger charge is 2.15. The molecule has 6 heteroatoms. The zero-order chi connectivity index (χ0) is 17.1. The van der Waals surface area contributed by atoms with Gasteiger partial charge in [0.15, 0.2) is 12.6 Å². The fraction of sp³-hybridized carbons (Fsp3) is 0.167. The predicted molar refractivity (Wildman–Crippen MR) is 92.4 cm³/mol. The highest BCUT2D eigenvalue weighted by Crippen LogP contribution is 2.33. The summed E-state index contributed by atoms with van der Waals surface area (Å²) in [4.78, 5) is 12.3. The van der Waals surface area contributed by atoms with Crippen molar-refractivity contribution in [2.75, 3.05) is 13.9 Å². The van der Waals surface area contributed by atoms with Crippen LogP contribution in [0.1, 0.15) is 21.5 Å². The first kappa shape index (κ1) is 16.5. The van der Waals surface area contributed by atoms with Crippen molar-refractivity contribution in [3.8, 4) is 17.2 Å². The van der Waals surface area contributed by atoms with Crippen LogP contribution in [0.5, 0.6) is 17.2 Å². The molecule has 0 fully saturated rings. The van der Waals surface area contributed by atoms with Crippen LogP contribution in [-0.4, -0.2) is 24.8 Å². The second kappa shape index (κ2) is 7.07. The van der Waals surface area contributed by atoms with Crippen LogP contribution in [0.4, 0.5) is 0 Å². The van der Waals surface area contributed by atoms with E-state index in [9.17, 15) is 9.90 Å². The molecular weight excluding hydrogens is 376 g/mol. The second-order valence-electron chi connectivity index (χ2n) is 5.17. The Hall–Kier alpha value is -2.31. The fourth-order valence-corrected chi connectivity index (χ4v) is 2.96. The number of carbonyl (C=O) groups is 1. The Kier molecular flexibility index (Phi) is 4.87. The zero-order valence-corrected chi connectivity index (χ0v) is 14.5. The van der Waals surface area contributed by atoms with E-state index >= 15 is 0 Å². The summed E-state index contributed by atoms with van der Waals surface area (Å²) in [6.45, 7) is 0.644. The summed E-state index contributed by atoms with van der Waals surface area (Å²) in [5.74, 6) is 0.760. The lowest BCUT2D eigenvalue weighted by Crippen LogP contribution is -2.12. The average molecular weight is 391 g/mol. The summed E-state index contributed by atoms with van der Waals surface area (Å²) in [6, 6.07) is 8.34. The maximum absolute atomic E-state index is 12.3. The van der Waals surface area contributed by atoms with E-state index in [1.54, 1.807) is 12.1 Å². The third-order valence-electron chi connectivity index (χ3n) is 3.59. The normalized spacial score (nSPS) is 13.4. The molecule has 0 aromatic heterocycles. The van der Waals surface area contributed by atoms with Crippen molar-refractivity contribution in [3.63, 3.8) is 0 Å². The van der Waals surface area contributed by atoms with Gasteiger partial charge in [-0.2, -0.15) is 0 Å². The molecule has 24 heavy (non-hydrogen) atoms. The quantitative estimate of drug-likeness (QED) is 0.632. The van der Waals surface area contributed by atoms with Gasteiger partial charge >= 0.3 is 0 Å². The van der Waals surface area contributed by atoms with E-state index in [1.165, 1.54) is 25.3 Å². The highest BCUT2D eigenvalue weighted by molar-refractivity contribution is 9.10. The average Bonchev–Trinajstić information content (AvgIpc) is 2.59. The number of fused-ring (bicyclic) bond motifs is 1. The van der Waals surface area contributed by atoms with E-state index in [0.29, 0.717) is 18.1 Å². The minimum absolute atomic E-state index is 0.120. The number of rotatable bonds is 4. The Labute approximate surface area is 147 Å². The van der Waals surface area contributed by atoms with Crippen molar-refractivity contribution in [1.82, 2.24) is 0 Å². The van der Waals surface area contributed by atoms with Gasteiger partial charge in [0.1, 0.15) is 17.2 Å². The number of carbonyl (C=O) groups excluding carboxylic acids is 1. The van der Waals surface area contributed by atoms with E-state index in [0.717, 1.165) is 15.6 Å². The first-order valence-electron chi connectivity index (χ1n) is 7.21. The molecule has 0 aliphatic carbocycles. The van der Waals surface area contributed by atoms with Crippen LogP contribution in [0, 0.1) is 0 Å². The van der Waals surface area contributed by atoms with Gasteiger partial charge in [0.2, 0.25) is 0 Å². The first-order chi connectivity index (χ1) is 11.6. The number of phenols is 1. The Balaban J connectivity index is 1.88. The van der Waals surface area contributed by atoms with E-state index in [1.807, 2.05) is 12.1 Å². The van der Waals surface area contributed by atoms with Crippen molar-refractivity contribution in [2.45, 2.75) is 6.61 Å². The molecule has 1 aliphatic heterocycles. The fourth-order valence-electron chi connectivity index (χ4n) is 2.43. The summed E-state index contributed by atoms with van der Waals surface area (Å²) in [7, 11) is 1.50. The van der Waals surface area contributed by atoms with Crippen LogP contribution in [-0.2, 0) is 11.3 Å². The molecule has 0 atom stereocenters. The van der Waals surface area contributed by atoms with Crippen molar-refractivity contribution in [2.24, 2.45) is 0 Å². The van der Waals surface area contributed by atoms with Crippen LogP contribution < -0.4 is 9.47 Å². The number of hydrogen-bond acceptors (Lipinski definition) is 5. The van der Waals surface area contributed by atoms with Crippen molar-refractivity contribution < 1.29 is 24.1 Å². The minimum atomic E-state index is -0.309. The van der Waals surface area contributed by atoms with Gasteiger partial charge in [-0.25, -0.2) is 0 Å². The molecule has 1 aliphatic rings. The Morgan fingerprint density at radius 2 is 2.17 bits per heavy atom. The molecule has 0 amide bonds. The molecule has 0 spiro atoms. The van der Waals surface area contributed by atoms with Crippen LogP contribution in [0.2, 0.25) is 0 Å². The van der Waals surface area contributed by atoms with Gasteiger partial charge in [0.05, 0.1) is 19.3 Å². The number of hydrogen-bond donors (Lipinski definition) is 1. The number of methoxy groups -OCH3 is 1. The van der Waals surface area contributed by atoms with E-state index in [2.05, 4.69) is 15.9 Å². The molecular formula is C18H15BrO5. The monoisotopic (exact) mass is 390 g/mol. The molecule has 0 unspecified atom stereocenters. The SMILES string of the molecule is COc1ccc(C(=O)C=Cc2cc(Br)cc3c2OCOC3)c(O)c1. The summed E-state index contributed by atoms with van der Waals surface area (Å²) in [5.41, 5.74) is 1.89. The number of benzene rings is 2. The largest absolute Gasteiger partial charge is 0.507 e. The molecule has 0 bridgehead atoms. The molecule has 2 aromatic rings. The van der Waals surface area contributed by atoms with Crippen molar-refractivity contribution in [1.29, 1.82) is 0 Å². The molecule has 0 radical (unpaired) electrons. The van der Waals surface area contributed by atoms with E-state index in [4.69, 9.17) is 14.2 Å². The molecule has 5 nitrogen and oxygen atoms in total. The number of ketones is 1. The van der Waals surface area contributed by atoms with Gasteiger partial charge < -0.3 is 19.3 Å². The summed E-state index contributed by atoms with van der Waals surface area (Å²) in [6.07, 6.45) is 3.07. The van der Waals surface area contributed by atoms with Gasteiger partial charge in [0.25, 0.3) is 0 Å². The maximum atomic E-state index is 12.3. The maximum Gasteiger partial charge on any atom is 0.189 e. The number of aromatic hydroxyl groups is 1. The second-order valence-corrected chi connectivity index (χ2v) is 6.09. The van der Waals surface area contributed by atoms with Gasteiger partial charge in [-0.15, -0.1) is 0 Å². The molecule has 1 heterocycles. The van der Waals surface area contributed by atoms with Gasteiger partial charge in [-0.3, -0.25) is 4.79 Å². The summed E-state index contributed by atoms with van der Waals surface area (Å²) >= 11 is 3.44. The van der Waals surface area contributed by atoms with E-state index < -0.39 is 0 Å².